The first-order valence-corrected chi connectivity index (χ1v) is 6.05. The van der Waals surface area contributed by atoms with Gasteiger partial charge in [-0.05, 0) is 24.1 Å². The molecule has 0 amide bonds. The van der Waals surface area contributed by atoms with E-state index in [-0.39, 0.29) is 12.0 Å². The summed E-state index contributed by atoms with van der Waals surface area (Å²) in [5.41, 5.74) is 0.0776. The van der Waals surface area contributed by atoms with Gasteiger partial charge in [-0.3, -0.25) is 0 Å². The second-order valence-corrected chi connectivity index (χ2v) is 5.74. The average Bonchev–Trinajstić information content (AvgIpc) is 2.07. The molecule has 1 nitrogen and oxygen atoms in total. The van der Waals surface area contributed by atoms with Gasteiger partial charge in [0.2, 0.25) is 0 Å². The fraction of sp³-hybridized carbons (Fsp3) is 1.00. The van der Waals surface area contributed by atoms with Crippen LogP contribution in [0.2, 0.25) is 0 Å². The minimum atomic E-state index is -4.06. The Balaban J connectivity index is 4.07. The van der Waals surface area contributed by atoms with Crippen molar-refractivity contribution < 1.29 is 13.2 Å². The number of nitrogens with zero attached hydrogens (tertiary/aromatic N) is 1. The lowest BCUT2D eigenvalue weighted by Gasteiger charge is -2.33. The van der Waals surface area contributed by atoms with Crippen LogP contribution in [-0.4, -0.2) is 37.0 Å². The van der Waals surface area contributed by atoms with Crippen molar-refractivity contribution in [2.45, 2.75) is 33.4 Å². The van der Waals surface area contributed by atoms with Gasteiger partial charge < -0.3 is 4.90 Å². The Morgan fingerprint density at radius 1 is 1.19 bits per heavy atom. The van der Waals surface area contributed by atoms with E-state index in [2.05, 4.69) is 33.4 Å². The maximum absolute atomic E-state index is 12.0. The topological polar surface area (TPSA) is 3.24 Å². The minimum absolute atomic E-state index is 0.0594. The van der Waals surface area contributed by atoms with Crippen molar-refractivity contribution in [1.82, 2.24) is 4.90 Å². The van der Waals surface area contributed by atoms with E-state index in [0.29, 0.717) is 18.2 Å². The van der Waals surface area contributed by atoms with Gasteiger partial charge in [-0.1, -0.05) is 20.8 Å². The van der Waals surface area contributed by atoms with Gasteiger partial charge in [0.15, 0.2) is 0 Å². The second kappa shape index (κ2) is 6.15. The average molecular weight is 257 g/mol. The molecule has 0 saturated carbocycles. The van der Waals surface area contributed by atoms with Crippen molar-refractivity contribution in [3.63, 3.8) is 0 Å². The lowest BCUT2D eigenvalue weighted by molar-refractivity contribution is -0.137. The zero-order valence-corrected chi connectivity index (χ0v) is 11.3. The molecular formula is C11H22F3NS. The van der Waals surface area contributed by atoms with Crippen LogP contribution in [-0.2, 0) is 0 Å². The molecule has 0 N–H and O–H groups in total. The van der Waals surface area contributed by atoms with E-state index in [0.717, 1.165) is 0 Å². The highest BCUT2D eigenvalue weighted by molar-refractivity contribution is 7.80. The number of hydrogen-bond donors (Lipinski definition) is 1. The summed E-state index contributed by atoms with van der Waals surface area (Å²) in [6, 6.07) is 0. The third-order valence-corrected chi connectivity index (χ3v) is 3.19. The zero-order valence-electron chi connectivity index (χ0n) is 10.4. The van der Waals surface area contributed by atoms with Gasteiger partial charge in [0.05, 0.1) is 6.42 Å². The molecule has 0 aliphatic carbocycles. The summed E-state index contributed by atoms with van der Waals surface area (Å²) < 4.78 is 36.1. The predicted molar refractivity (Wildman–Crippen MR) is 65.0 cm³/mol. The Hall–Kier alpha value is 0.100. The lowest BCUT2D eigenvalue weighted by Crippen LogP contribution is -2.36. The van der Waals surface area contributed by atoms with Gasteiger partial charge in [0.25, 0.3) is 0 Å². The van der Waals surface area contributed by atoms with Crippen LogP contribution in [0.4, 0.5) is 13.2 Å². The van der Waals surface area contributed by atoms with Gasteiger partial charge >= 0.3 is 6.18 Å². The number of hydrogen-bond acceptors (Lipinski definition) is 2. The molecule has 0 aromatic carbocycles. The Morgan fingerprint density at radius 3 is 2.00 bits per heavy atom. The number of alkyl halides is 3. The van der Waals surface area contributed by atoms with E-state index in [4.69, 9.17) is 0 Å². The van der Waals surface area contributed by atoms with Crippen molar-refractivity contribution in [2.75, 3.05) is 25.9 Å². The molecule has 0 aliphatic rings. The van der Waals surface area contributed by atoms with E-state index in [9.17, 15) is 13.2 Å². The molecule has 0 radical (unpaired) electrons. The summed E-state index contributed by atoms with van der Waals surface area (Å²) in [6.07, 6.45) is -4.81. The van der Waals surface area contributed by atoms with Crippen molar-refractivity contribution in [3.05, 3.63) is 0 Å². The van der Waals surface area contributed by atoms with Crippen molar-refractivity contribution in [3.8, 4) is 0 Å². The van der Waals surface area contributed by atoms with Gasteiger partial charge in [-0.15, -0.1) is 0 Å². The zero-order chi connectivity index (χ0) is 13.0. The molecule has 1 atom stereocenters. The molecule has 0 aromatic heterocycles. The lowest BCUT2D eigenvalue weighted by atomic mass is 9.81. The Bertz CT molecular complexity index is 198. The van der Waals surface area contributed by atoms with E-state index in [1.807, 2.05) is 0 Å². The molecule has 0 aliphatic heterocycles. The smallest absolute Gasteiger partial charge is 0.306 e. The van der Waals surface area contributed by atoms with Crippen molar-refractivity contribution >= 4 is 12.6 Å². The van der Waals surface area contributed by atoms with Gasteiger partial charge in [-0.25, -0.2) is 0 Å². The largest absolute Gasteiger partial charge is 0.390 e. The molecule has 0 spiro atoms. The normalized spacial score (nSPS) is 15.6. The van der Waals surface area contributed by atoms with Gasteiger partial charge in [-0.2, -0.15) is 25.8 Å². The maximum atomic E-state index is 12.0. The summed E-state index contributed by atoms with van der Waals surface area (Å²) in [4.78, 5) is 1.74. The molecule has 16 heavy (non-hydrogen) atoms. The third kappa shape index (κ3) is 7.39. The SMILES string of the molecule is CN(CCC(F)(F)F)CC(CS)C(C)(C)C. The first-order chi connectivity index (χ1) is 7.06. The quantitative estimate of drug-likeness (QED) is 0.738. The number of halogens is 3. The molecule has 1 unspecified atom stereocenters. The highest BCUT2D eigenvalue weighted by atomic mass is 32.1. The summed E-state index contributed by atoms with van der Waals surface area (Å²) in [7, 11) is 1.73. The first-order valence-electron chi connectivity index (χ1n) is 5.42. The molecule has 0 rings (SSSR count). The number of rotatable bonds is 5. The summed E-state index contributed by atoms with van der Waals surface area (Å²) in [5, 5.41) is 0. The van der Waals surface area contributed by atoms with Crippen molar-refractivity contribution in [1.29, 1.82) is 0 Å². The summed E-state index contributed by atoms with van der Waals surface area (Å²) >= 11 is 4.26. The van der Waals surface area contributed by atoms with Crippen LogP contribution < -0.4 is 0 Å². The Labute approximate surface area is 102 Å². The van der Waals surface area contributed by atoms with E-state index >= 15 is 0 Å². The fourth-order valence-corrected chi connectivity index (χ4v) is 2.05. The van der Waals surface area contributed by atoms with Crippen LogP contribution in [0.25, 0.3) is 0 Å². The van der Waals surface area contributed by atoms with E-state index in [1.54, 1.807) is 11.9 Å². The van der Waals surface area contributed by atoms with Crippen LogP contribution >= 0.6 is 12.6 Å². The molecule has 0 fully saturated rings. The Kier molecular flexibility index (Phi) is 6.18. The highest BCUT2D eigenvalue weighted by Crippen LogP contribution is 2.28. The van der Waals surface area contributed by atoms with Crippen LogP contribution in [0.1, 0.15) is 27.2 Å². The molecule has 0 aromatic rings. The van der Waals surface area contributed by atoms with Crippen LogP contribution in [0, 0.1) is 11.3 Å². The maximum Gasteiger partial charge on any atom is 0.390 e. The fourth-order valence-electron chi connectivity index (χ4n) is 1.39. The van der Waals surface area contributed by atoms with Gasteiger partial charge in [0, 0.05) is 13.1 Å². The Morgan fingerprint density at radius 2 is 1.69 bits per heavy atom. The van der Waals surface area contributed by atoms with Crippen LogP contribution in [0.3, 0.4) is 0 Å². The molecular weight excluding hydrogens is 235 g/mol. The second-order valence-electron chi connectivity index (χ2n) is 5.37. The summed E-state index contributed by atoms with van der Waals surface area (Å²) in [5.74, 6) is 0.994. The molecule has 98 valence electrons. The standard InChI is InChI=1S/C11H22F3NS/c1-10(2,3)9(8-16)7-15(4)6-5-11(12,13)14/h9,16H,5-8H2,1-4H3. The predicted octanol–water partition coefficient (Wildman–Crippen LogP) is 3.46. The third-order valence-electron chi connectivity index (χ3n) is 2.75. The molecule has 0 heterocycles. The van der Waals surface area contributed by atoms with E-state index in [1.165, 1.54) is 0 Å². The molecule has 0 saturated heterocycles. The van der Waals surface area contributed by atoms with Crippen LogP contribution in [0.15, 0.2) is 0 Å². The summed E-state index contributed by atoms with van der Waals surface area (Å²) in [6.45, 7) is 6.98. The highest BCUT2D eigenvalue weighted by Gasteiger charge is 2.29. The first kappa shape index (κ1) is 16.1. The minimum Gasteiger partial charge on any atom is -0.306 e. The van der Waals surface area contributed by atoms with Crippen LogP contribution in [0.5, 0.6) is 0 Å². The number of thiol groups is 1. The molecule has 5 heteroatoms. The monoisotopic (exact) mass is 257 g/mol. The van der Waals surface area contributed by atoms with Gasteiger partial charge in [0.1, 0.15) is 0 Å². The molecule has 0 bridgehead atoms. The van der Waals surface area contributed by atoms with E-state index < -0.39 is 12.6 Å². The van der Waals surface area contributed by atoms with Crippen molar-refractivity contribution in [2.24, 2.45) is 11.3 Å².